The Labute approximate surface area is 188 Å². The van der Waals surface area contributed by atoms with Crippen molar-refractivity contribution in [2.24, 2.45) is 11.7 Å². The summed E-state index contributed by atoms with van der Waals surface area (Å²) in [5.74, 6) is 0.380. The van der Waals surface area contributed by atoms with E-state index in [2.05, 4.69) is 42.5 Å². The highest BCUT2D eigenvalue weighted by molar-refractivity contribution is 5.80. The Bertz CT molecular complexity index is 1040. The topological polar surface area (TPSA) is 75.9 Å². The highest BCUT2D eigenvalue weighted by Gasteiger charge is 2.33. The predicted molar refractivity (Wildman–Crippen MR) is 123 cm³/mol. The second-order valence-corrected chi connectivity index (χ2v) is 8.84. The minimum atomic E-state index is -0.403. The summed E-state index contributed by atoms with van der Waals surface area (Å²) in [5, 5.41) is 0. The van der Waals surface area contributed by atoms with E-state index in [1.165, 1.54) is 11.1 Å². The molecule has 6 nitrogen and oxygen atoms in total. The van der Waals surface area contributed by atoms with E-state index in [1.54, 1.807) is 4.90 Å². The Morgan fingerprint density at radius 3 is 2.44 bits per heavy atom. The van der Waals surface area contributed by atoms with Crippen LogP contribution in [0.2, 0.25) is 0 Å². The van der Waals surface area contributed by atoms with E-state index in [0.29, 0.717) is 26.3 Å². The Kier molecular flexibility index (Phi) is 5.70. The van der Waals surface area contributed by atoms with Gasteiger partial charge in [-0.2, -0.15) is 0 Å². The first kappa shape index (κ1) is 20.8. The molecule has 0 aromatic heterocycles. The Morgan fingerprint density at radius 2 is 1.75 bits per heavy atom. The summed E-state index contributed by atoms with van der Waals surface area (Å²) in [5.41, 5.74) is 11.5. The lowest BCUT2D eigenvalue weighted by Gasteiger charge is -2.31. The maximum Gasteiger partial charge on any atom is 0.315 e. The van der Waals surface area contributed by atoms with Gasteiger partial charge in [0, 0.05) is 38.8 Å². The molecule has 6 heteroatoms. The summed E-state index contributed by atoms with van der Waals surface area (Å²) >= 11 is 0. The standard InChI is InChI=1S/C26H29N3O3/c27-26(31)29-17-22-3-1-2-4-23(22)24(29)20-7-5-18(6-8-20)19-9-13-28(14-10-19)25(30)21-11-15-32-16-12-21/h1-9,21,24H,10-17H2,(H2,27,31). The molecule has 3 amide bonds. The van der Waals surface area contributed by atoms with Gasteiger partial charge in [-0.25, -0.2) is 4.79 Å². The van der Waals surface area contributed by atoms with Gasteiger partial charge in [0.05, 0.1) is 6.04 Å². The lowest BCUT2D eigenvalue weighted by Crippen LogP contribution is -2.40. The van der Waals surface area contributed by atoms with Crippen molar-refractivity contribution in [3.05, 3.63) is 76.9 Å². The largest absolute Gasteiger partial charge is 0.381 e. The molecule has 166 valence electrons. The zero-order valence-electron chi connectivity index (χ0n) is 18.2. The van der Waals surface area contributed by atoms with Crippen LogP contribution in [-0.2, 0) is 16.1 Å². The first-order valence-corrected chi connectivity index (χ1v) is 11.4. The Hall–Kier alpha value is -3.12. The number of fused-ring (bicyclic) bond motifs is 1. The number of rotatable bonds is 3. The lowest BCUT2D eigenvalue weighted by atomic mass is 9.93. The van der Waals surface area contributed by atoms with Crippen LogP contribution in [0.15, 0.2) is 54.6 Å². The molecule has 0 saturated carbocycles. The van der Waals surface area contributed by atoms with Crippen molar-refractivity contribution >= 4 is 17.5 Å². The fourth-order valence-corrected chi connectivity index (χ4v) is 5.17. The molecule has 3 heterocycles. The lowest BCUT2D eigenvalue weighted by molar-refractivity contribution is -0.138. The molecular formula is C26H29N3O3. The summed E-state index contributed by atoms with van der Waals surface area (Å²) in [6, 6.07) is 16.0. The highest BCUT2D eigenvalue weighted by atomic mass is 16.5. The van der Waals surface area contributed by atoms with Gasteiger partial charge >= 0.3 is 6.03 Å². The quantitative estimate of drug-likeness (QED) is 0.805. The molecule has 2 N–H and O–H groups in total. The number of urea groups is 1. The van der Waals surface area contributed by atoms with E-state index >= 15 is 0 Å². The molecule has 3 aliphatic rings. The summed E-state index contributed by atoms with van der Waals surface area (Å²) in [4.78, 5) is 28.5. The van der Waals surface area contributed by atoms with E-state index in [4.69, 9.17) is 10.5 Å². The fraction of sp³-hybridized carbons (Fsp3) is 0.385. The molecule has 1 saturated heterocycles. The van der Waals surface area contributed by atoms with E-state index in [1.807, 2.05) is 17.0 Å². The molecule has 0 aliphatic carbocycles. The third kappa shape index (κ3) is 3.91. The SMILES string of the molecule is NC(=O)N1Cc2ccccc2C1c1ccc(C2=CCN(C(=O)C3CCOCC3)CC2)cc1. The average Bonchev–Trinajstić information content (AvgIpc) is 3.24. The van der Waals surface area contributed by atoms with E-state index < -0.39 is 6.03 Å². The van der Waals surface area contributed by atoms with Crippen LogP contribution in [0, 0.1) is 5.92 Å². The van der Waals surface area contributed by atoms with Crippen molar-refractivity contribution < 1.29 is 14.3 Å². The third-order valence-corrected chi connectivity index (χ3v) is 6.97. The Balaban J connectivity index is 1.30. The van der Waals surface area contributed by atoms with E-state index in [9.17, 15) is 9.59 Å². The number of ether oxygens (including phenoxy) is 1. The zero-order valence-corrected chi connectivity index (χ0v) is 18.2. The van der Waals surface area contributed by atoms with Crippen molar-refractivity contribution in [3.63, 3.8) is 0 Å². The summed E-state index contributed by atoms with van der Waals surface area (Å²) < 4.78 is 5.39. The maximum absolute atomic E-state index is 12.8. The fourth-order valence-electron chi connectivity index (χ4n) is 5.17. The minimum absolute atomic E-state index is 0.112. The van der Waals surface area contributed by atoms with Gasteiger partial charge in [-0.15, -0.1) is 0 Å². The second-order valence-electron chi connectivity index (χ2n) is 8.84. The van der Waals surface area contributed by atoms with Crippen molar-refractivity contribution in [2.45, 2.75) is 31.8 Å². The van der Waals surface area contributed by atoms with Crippen LogP contribution in [0.5, 0.6) is 0 Å². The molecule has 2 aromatic rings. The monoisotopic (exact) mass is 431 g/mol. The van der Waals surface area contributed by atoms with Crippen molar-refractivity contribution in [1.29, 1.82) is 0 Å². The van der Waals surface area contributed by atoms with Gasteiger partial charge in [-0.1, -0.05) is 54.6 Å². The minimum Gasteiger partial charge on any atom is -0.381 e. The number of amides is 3. The Morgan fingerprint density at radius 1 is 1.00 bits per heavy atom. The van der Waals surface area contributed by atoms with Crippen LogP contribution in [0.25, 0.3) is 5.57 Å². The number of primary amides is 1. The van der Waals surface area contributed by atoms with Crippen LogP contribution in [-0.4, -0.2) is 48.0 Å². The van der Waals surface area contributed by atoms with Gasteiger partial charge in [0.1, 0.15) is 0 Å². The third-order valence-electron chi connectivity index (χ3n) is 6.97. The second kappa shape index (κ2) is 8.79. The molecule has 0 spiro atoms. The molecule has 1 atom stereocenters. The van der Waals surface area contributed by atoms with E-state index in [-0.39, 0.29) is 17.9 Å². The average molecular weight is 432 g/mol. The van der Waals surface area contributed by atoms with Crippen molar-refractivity contribution in [1.82, 2.24) is 9.80 Å². The van der Waals surface area contributed by atoms with Gasteiger partial charge in [0.2, 0.25) is 5.91 Å². The molecule has 1 unspecified atom stereocenters. The number of carbonyl (C=O) groups is 2. The summed E-state index contributed by atoms with van der Waals surface area (Å²) in [6.07, 6.45) is 4.70. The molecule has 0 radical (unpaired) electrons. The first-order valence-electron chi connectivity index (χ1n) is 11.4. The molecule has 2 aromatic carbocycles. The molecule has 0 bridgehead atoms. The number of nitrogens with two attached hydrogens (primary N) is 1. The predicted octanol–water partition coefficient (Wildman–Crippen LogP) is 3.71. The number of hydrogen-bond acceptors (Lipinski definition) is 3. The van der Waals surface area contributed by atoms with E-state index in [0.717, 1.165) is 42.5 Å². The smallest absolute Gasteiger partial charge is 0.315 e. The van der Waals surface area contributed by atoms with Gasteiger partial charge in [0.15, 0.2) is 0 Å². The number of benzene rings is 2. The van der Waals surface area contributed by atoms with Crippen LogP contribution in [0.4, 0.5) is 4.79 Å². The van der Waals surface area contributed by atoms with Crippen LogP contribution >= 0.6 is 0 Å². The highest BCUT2D eigenvalue weighted by Crippen LogP contribution is 2.38. The first-order chi connectivity index (χ1) is 15.6. The summed E-state index contributed by atoms with van der Waals surface area (Å²) in [7, 11) is 0. The maximum atomic E-state index is 12.8. The van der Waals surface area contributed by atoms with Crippen LogP contribution in [0.1, 0.15) is 47.6 Å². The molecule has 3 aliphatic heterocycles. The van der Waals surface area contributed by atoms with Gasteiger partial charge in [-0.3, -0.25) is 4.79 Å². The number of hydrogen-bond donors (Lipinski definition) is 1. The van der Waals surface area contributed by atoms with Gasteiger partial charge < -0.3 is 20.3 Å². The van der Waals surface area contributed by atoms with Crippen molar-refractivity contribution in [3.8, 4) is 0 Å². The normalized spacial score (nSPS) is 21.2. The van der Waals surface area contributed by atoms with Crippen molar-refractivity contribution in [2.75, 3.05) is 26.3 Å². The molecule has 5 rings (SSSR count). The van der Waals surface area contributed by atoms with Crippen LogP contribution in [0.3, 0.4) is 0 Å². The zero-order chi connectivity index (χ0) is 22.1. The molecular weight excluding hydrogens is 402 g/mol. The number of nitrogens with zero attached hydrogens (tertiary/aromatic N) is 2. The number of carbonyl (C=O) groups excluding carboxylic acids is 2. The van der Waals surface area contributed by atoms with Crippen LogP contribution < -0.4 is 5.73 Å². The molecule has 1 fully saturated rings. The van der Waals surface area contributed by atoms with Gasteiger partial charge in [0.25, 0.3) is 0 Å². The summed E-state index contributed by atoms with van der Waals surface area (Å²) in [6.45, 7) is 3.35. The van der Waals surface area contributed by atoms with Gasteiger partial charge in [-0.05, 0) is 47.1 Å². The molecule has 32 heavy (non-hydrogen) atoms.